The highest BCUT2D eigenvalue weighted by atomic mass is 35.5. The van der Waals surface area contributed by atoms with Crippen molar-refractivity contribution in [1.82, 2.24) is 10.2 Å². The number of hydrogen-bond acceptors (Lipinski definition) is 10. The van der Waals surface area contributed by atoms with Gasteiger partial charge in [0.05, 0.1) is 23.2 Å². The number of alkyl halides is 3. The number of carbonyl (C=O) groups excluding carboxylic acids is 3. The quantitative estimate of drug-likeness (QED) is 0.120. The molecule has 0 aliphatic carbocycles. The lowest BCUT2D eigenvalue weighted by atomic mass is 9.82. The number of anilines is 1. The Hall–Kier alpha value is -2.43. The van der Waals surface area contributed by atoms with Crippen LogP contribution >= 0.6 is 33.2 Å². The number of allylic oxidation sites excluding steroid dienone is 3. The first kappa shape index (κ1) is 43.3. The fourth-order valence-corrected chi connectivity index (χ4v) is 8.57. The van der Waals surface area contributed by atoms with Gasteiger partial charge in [0, 0.05) is 31.1 Å². The van der Waals surface area contributed by atoms with Gasteiger partial charge in [-0.25, -0.2) is 4.79 Å². The Kier molecular flexibility index (Phi) is 14.0. The Morgan fingerprint density at radius 3 is 2.58 bits per heavy atom. The summed E-state index contributed by atoms with van der Waals surface area (Å²) in [5.74, 6) is -2.29. The molecule has 2 fully saturated rings. The summed E-state index contributed by atoms with van der Waals surface area (Å²) in [6.07, 6.45) is -0.992. The van der Waals surface area contributed by atoms with Gasteiger partial charge in [0.2, 0.25) is 5.91 Å². The maximum Gasteiger partial charge on any atom is 0.409 e. The van der Waals surface area contributed by atoms with Gasteiger partial charge < -0.3 is 24.2 Å². The van der Waals surface area contributed by atoms with Crippen molar-refractivity contribution in [3.05, 3.63) is 52.1 Å². The van der Waals surface area contributed by atoms with Gasteiger partial charge in [0.15, 0.2) is 0 Å². The number of benzene rings is 1. The van der Waals surface area contributed by atoms with Crippen LogP contribution in [-0.2, 0) is 30.2 Å². The summed E-state index contributed by atoms with van der Waals surface area (Å²) in [5.41, 5.74) is 0.0968. The Morgan fingerprint density at radius 2 is 1.94 bits per heavy atom. The Labute approximate surface area is 322 Å². The monoisotopic (exact) mass is 805 g/mol. The summed E-state index contributed by atoms with van der Waals surface area (Å²) in [7, 11) is 5.44. The average Bonchev–Trinajstić information content (AvgIpc) is 3.77. The van der Waals surface area contributed by atoms with Gasteiger partial charge in [-0.05, 0) is 71.0 Å². The molecule has 10 nitrogen and oxygen atoms in total. The van der Waals surface area contributed by atoms with E-state index in [9.17, 15) is 32.7 Å². The van der Waals surface area contributed by atoms with Crippen LogP contribution in [0.5, 0.6) is 0 Å². The number of rotatable bonds is 8. The third-order valence-corrected chi connectivity index (χ3v) is 13.1. The topological polar surface area (TPSA) is 121 Å². The number of nitrogens with zero attached hydrogens (tertiary/aromatic N) is 2. The van der Waals surface area contributed by atoms with Crippen molar-refractivity contribution in [2.45, 2.75) is 115 Å². The van der Waals surface area contributed by atoms with Crippen LogP contribution < -0.4 is 10.2 Å². The molecule has 2 saturated heterocycles. The van der Waals surface area contributed by atoms with Crippen LogP contribution in [0.15, 0.2) is 35.9 Å². The van der Waals surface area contributed by atoms with Crippen molar-refractivity contribution in [3.8, 4) is 0 Å². The zero-order valence-corrected chi connectivity index (χ0v) is 34.0. The van der Waals surface area contributed by atoms with Gasteiger partial charge in [0.25, 0.3) is 0 Å². The van der Waals surface area contributed by atoms with Crippen molar-refractivity contribution < 1.29 is 46.9 Å². The van der Waals surface area contributed by atoms with Crippen molar-refractivity contribution in [1.29, 1.82) is 0 Å². The molecular weight excluding hydrogens is 755 g/mol. The number of alkyl carbamates (subject to hydrolysis) is 1. The highest BCUT2D eigenvalue weighted by Crippen LogP contribution is 2.49. The molecule has 1 aromatic carbocycles. The molecule has 0 saturated carbocycles. The van der Waals surface area contributed by atoms with Crippen LogP contribution in [-0.4, -0.2) is 102 Å². The summed E-state index contributed by atoms with van der Waals surface area (Å²) in [6.45, 7) is 10.3. The summed E-state index contributed by atoms with van der Waals surface area (Å²) in [4.78, 5) is 42.9. The van der Waals surface area contributed by atoms with E-state index in [1.54, 1.807) is 40.2 Å². The van der Waals surface area contributed by atoms with E-state index >= 15 is 0 Å². The van der Waals surface area contributed by atoms with E-state index in [2.05, 4.69) is 5.32 Å². The third kappa shape index (κ3) is 10.1. The molecule has 0 radical (unpaired) electrons. The average molecular weight is 806 g/mol. The minimum absolute atomic E-state index is 0.00919. The predicted octanol–water partition coefficient (Wildman–Crippen LogP) is 7.24. The Bertz CT molecular complexity index is 1600. The molecule has 0 aromatic heterocycles. The lowest BCUT2D eigenvalue weighted by Crippen LogP contribution is -2.60. The van der Waals surface area contributed by atoms with Crippen molar-refractivity contribution in [3.63, 3.8) is 0 Å². The molecule has 1 aromatic rings. The third-order valence-electron chi connectivity index (χ3n) is 10.8. The van der Waals surface area contributed by atoms with Crippen molar-refractivity contribution >= 4 is 56.8 Å². The fraction of sp³-hybridized carbons (Fsp3) is 0.649. The fourth-order valence-electron chi connectivity index (χ4n) is 7.06. The molecule has 2 N–H and O–H groups in total. The Balaban J connectivity index is 1.73. The van der Waals surface area contributed by atoms with E-state index < -0.39 is 77.7 Å². The minimum Gasteiger partial charge on any atom is -0.457 e. The first-order valence-corrected chi connectivity index (χ1v) is 20.7. The zero-order valence-electron chi connectivity index (χ0n) is 31.6. The van der Waals surface area contributed by atoms with Crippen molar-refractivity contribution in [2.75, 3.05) is 31.0 Å². The molecule has 296 valence electrons. The number of nitrogens with one attached hydrogen (secondary N) is 1. The number of hydrogen-bond donors (Lipinski definition) is 2. The van der Waals surface area contributed by atoms with Crippen LogP contribution in [0.4, 0.5) is 23.7 Å². The number of epoxide rings is 1. The van der Waals surface area contributed by atoms with Gasteiger partial charge in [-0.15, -0.1) is 0 Å². The van der Waals surface area contributed by atoms with E-state index in [-0.39, 0.29) is 25.0 Å². The lowest BCUT2D eigenvalue weighted by Gasteiger charge is -2.41. The van der Waals surface area contributed by atoms with E-state index in [0.29, 0.717) is 17.1 Å². The number of ether oxygens (including phenoxy) is 3. The summed E-state index contributed by atoms with van der Waals surface area (Å²) >= 11 is 6.74. The SMILES string of the molecule is CSSCCC(N(C)[C@@H](C)C(=O)O[C@H]1CC(=O)N(C)c2cc(cc(C)c2Cl)C/C(C)=C/C=C/[C@@H](C)[C@@]2(O)C[C@H](OC(=O)N2)[C@@H](C)[C@@H]2O[C@@]12C)C(F)(F)F. The maximum absolute atomic E-state index is 14.2. The number of aliphatic hydroxyl groups is 1. The van der Waals surface area contributed by atoms with Crippen LogP contribution in [0.1, 0.15) is 65.0 Å². The second-order valence-electron chi connectivity index (χ2n) is 14.6. The molecule has 0 spiro atoms. The first-order valence-electron chi connectivity index (χ1n) is 17.6. The Morgan fingerprint density at radius 1 is 1.26 bits per heavy atom. The number of likely N-dealkylation sites (N-methyl/N-ethyl adjacent to an activating group) is 1. The largest absolute Gasteiger partial charge is 0.457 e. The lowest BCUT2D eigenvalue weighted by molar-refractivity contribution is -0.191. The molecule has 4 bridgehead atoms. The smallest absolute Gasteiger partial charge is 0.409 e. The normalized spacial score (nSPS) is 32.5. The molecule has 3 aliphatic rings. The molecule has 4 rings (SSSR count). The van der Waals surface area contributed by atoms with Crippen LogP contribution in [0.3, 0.4) is 0 Å². The zero-order chi connectivity index (χ0) is 39.6. The minimum atomic E-state index is -4.60. The van der Waals surface area contributed by atoms with Gasteiger partial charge >= 0.3 is 18.2 Å². The van der Waals surface area contributed by atoms with Gasteiger partial charge in [-0.1, -0.05) is 76.9 Å². The van der Waals surface area contributed by atoms with Gasteiger partial charge in [-0.3, -0.25) is 19.8 Å². The van der Waals surface area contributed by atoms with Crippen LogP contribution in [0, 0.1) is 18.8 Å². The number of aryl methyl sites for hydroxylation is 1. The van der Waals surface area contributed by atoms with Crippen molar-refractivity contribution in [2.24, 2.45) is 11.8 Å². The number of carbonyl (C=O) groups is 3. The highest BCUT2D eigenvalue weighted by molar-refractivity contribution is 8.76. The number of fused-ring (bicyclic) bond motifs is 5. The molecular formula is C37H51ClF3N3O7S2. The van der Waals surface area contributed by atoms with E-state index in [1.807, 2.05) is 38.1 Å². The van der Waals surface area contributed by atoms with E-state index in [4.69, 9.17) is 25.8 Å². The molecule has 3 aliphatic heterocycles. The molecule has 1 unspecified atom stereocenters. The van der Waals surface area contributed by atoms with Crippen LogP contribution in [0.25, 0.3) is 0 Å². The van der Waals surface area contributed by atoms with Gasteiger partial charge in [0.1, 0.15) is 35.6 Å². The summed E-state index contributed by atoms with van der Waals surface area (Å²) < 4.78 is 60.4. The second kappa shape index (κ2) is 17.2. The molecule has 9 atom stereocenters. The molecule has 3 heterocycles. The van der Waals surface area contributed by atoms with E-state index in [1.165, 1.54) is 40.5 Å². The number of halogens is 4. The maximum atomic E-state index is 14.2. The molecule has 16 heteroatoms. The van der Waals surface area contributed by atoms with Gasteiger partial charge in [-0.2, -0.15) is 13.2 Å². The first-order chi connectivity index (χ1) is 24.6. The standard InChI is InChI=1S/C37H51ClF3N3O7S2/c1-20-11-10-12-22(3)36(48)19-27(49-34(47)42-36)23(4)32-35(6,51-32)29(18-30(45)44(8)26-17-25(15-20)16-21(2)31(26)38)50-33(46)24(5)43(7)28(37(39,40)41)13-14-53-52-9/h10-12,16-17,22-24,27-29,32,48H,13-15,18-19H2,1-9H3,(H,42,47)/b12-10+,20-11+/t22-,23-,24+,27+,28?,29+,32+,35+,36+/m1/s1. The van der Waals surface area contributed by atoms with Crippen LogP contribution in [0.2, 0.25) is 5.02 Å². The summed E-state index contributed by atoms with van der Waals surface area (Å²) in [5, 5.41) is 14.6. The highest BCUT2D eigenvalue weighted by Gasteiger charge is 2.64. The summed E-state index contributed by atoms with van der Waals surface area (Å²) in [6, 6.07) is 0.505. The van der Waals surface area contributed by atoms with E-state index in [0.717, 1.165) is 21.6 Å². The molecule has 2 amide bonds. The second-order valence-corrected chi connectivity index (χ2v) is 17.7. The predicted molar refractivity (Wildman–Crippen MR) is 203 cm³/mol. The number of amides is 2. The number of esters is 1. The molecule has 53 heavy (non-hydrogen) atoms.